The molecule has 4 rings (SSSR count). The van der Waals surface area contributed by atoms with Crippen molar-refractivity contribution in [2.24, 2.45) is 0 Å². The first-order valence-electron chi connectivity index (χ1n) is 10.8. The van der Waals surface area contributed by atoms with Crippen molar-refractivity contribution in [2.45, 2.75) is 24.4 Å². The third-order valence-corrected chi connectivity index (χ3v) is 7.70. The first-order chi connectivity index (χ1) is 17.5. The van der Waals surface area contributed by atoms with Crippen LogP contribution < -0.4 is 10.6 Å². The van der Waals surface area contributed by atoms with E-state index in [4.69, 9.17) is 0 Å². The number of aromatic nitrogens is 4. The second kappa shape index (κ2) is 12.6. The Bertz CT molecular complexity index is 1190. The Morgan fingerprint density at radius 3 is 1.75 bits per heavy atom. The maximum Gasteiger partial charge on any atom is 0.259 e. The SMILES string of the molecule is O=C(Nc1nnc(CCSCc2nnc(NC(=O)[C@@H](O)c3ccccc3)s2)s1)[C@@H](O)c1ccccc1. The van der Waals surface area contributed by atoms with Crippen LogP contribution in [-0.4, -0.2) is 48.2 Å². The fraction of sp³-hybridized carbons (Fsp3) is 0.217. The van der Waals surface area contributed by atoms with Crippen LogP contribution in [0.25, 0.3) is 0 Å². The first-order valence-corrected chi connectivity index (χ1v) is 13.6. The Balaban J connectivity index is 1.18. The third kappa shape index (κ3) is 7.15. The van der Waals surface area contributed by atoms with E-state index in [-0.39, 0.29) is 0 Å². The summed E-state index contributed by atoms with van der Waals surface area (Å²) in [7, 11) is 0. The van der Waals surface area contributed by atoms with Gasteiger partial charge in [0, 0.05) is 17.9 Å². The van der Waals surface area contributed by atoms with Crippen molar-refractivity contribution in [1.82, 2.24) is 20.4 Å². The summed E-state index contributed by atoms with van der Waals surface area (Å²) in [5.41, 5.74) is 1.00. The van der Waals surface area contributed by atoms with E-state index in [1.165, 1.54) is 22.7 Å². The van der Waals surface area contributed by atoms with Crippen LogP contribution in [0.15, 0.2) is 60.7 Å². The Labute approximate surface area is 218 Å². The van der Waals surface area contributed by atoms with E-state index in [9.17, 15) is 19.8 Å². The van der Waals surface area contributed by atoms with E-state index in [0.29, 0.717) is 33.6 Å². The van der Waals surface area contributed by atoms with Crippen molar-refractivity contribution in [3.63, 3.8) is 0 Å². The van der Waals surface area contributed by atoms with Crippen LogP contribution in [0, 0.1) is 0 Å². The number of anilines is 2. The molecule has 0 bridgehead atoms. The van der Waals surface area contributed by atoms with Crippen LogP contribution in [0.4, 0.5) is 10.3 Å². The zero-order valence-corrected chi connectivity index (χ0v) is 21.2. The van der Waals surface area contributed by atoms with Gasteiger partial charge in [0.1, 0.15) is 10.0 Å². The summed E-state index contributed by atoms with van der Waals surface area (Å²) in [4.78, 5) is 24.5. The number of amides is 2. The van der Waals surface area contributed by atoms with Gasteiger partial charge in [0.25, 0.3) is 11.8 Å². The maximum absolute atomic E-state index is 12.2. The van der Waals surface area contributed by atoms with Crippen LogP contribution >= 0.6 is 34.4 Å². The predicted octanol–water partition coefficient (Wildman–Crippen LogP) is 3.21. The number of thioether (sulfide) groups is 1. The minimum absolute atomic E-state index is 0.327. The highest BCUT2D eigenvalue weighted by Gasteiger charge is 2.20. The van der Waals surface area contributed by atoms with Crippen molar-refractivity contribution in [1.29, 1.82) is 0 Å². The molecule has 2 aromatic carbocycles. The van der Waals surface area contributed by atoms with Crippen LogP contribution in [0.3, 0.4) is 0 Å². The van der Waals surface area contributed by atoms with Crippen LogP contribution in [0.1, 0.15) is 33.4 Å². The minimum Gasteiger partial charge on any atom is -0.378 e. The first kappa shape index (κ1) is 25.9. The summed E-state index contributed by atoms with van der Waals surface area (Å²) < 4.78 is 0. The lowest BCUT2D eigenvalue weighted by Gasteiger charge is -2.09. The Morgan fingerprint density at radius 1 is 0.750 bits per heavy atom. The summed E-state index contributed by atoms with van der Waals surface area (Å²) in [6.07, 6.45) is -1.92. The number of aryl methyl sites for hydroxylation is 1. The molecule has 0 aliphatic rings. The number of aliphatic hydroxyl groups is 2. The molecule has 4 N–H and O–H groups in total. The van der Waals surface area contributed by atoms with E-state index in [1.54, 1.807) is 60.3 Å². The van der Waals surface area contributed by atoms with Crippen molar-refractivity contribution in [3.05, 3.63) is 81.8 Å². The molecule has 13 heteroatoms. The smallest absolute Gasteiger partial charge is 0.259 e. The largest absolute Gasteiger partial charge is 0.378 e. The van der Waals surface area contributed by atoms with E-state index >= 15 is 0 Å². The topological polar surface area (TPSA) is 150 Å². The van der Waals surface area contributed by atoms with E-state index < -0.39 is 24.0 Å². The molecule has 0 unspecified atom stereocenters. The second-order valence-electron chi connectivity index (χ2n) is 7.41. The zero-order chi connectivity index (χ0) is 25.3. The van der Waals surface area contributed by atoms with Crippen LogP contribution in [0.2, 0.25) is 0 Å². The number of hydrogen-bond acceptors (Lipinski definition) is 11. The molecule has 186 valence electrons. The molecular formula is C23H22N6O4S3. The Morgan fingerprint density at radius 2 is 1.22 bits per heavy atom. The van der Waals surface area contributed by atoms with Gasteiger partial charge in [-0.05, 0) is 11.1 Å². The molecule has 2 amide bonds. The summed E-state index contributed by atoms with van der Waals surface area (Å²) in [6, 6.07) is 17.3. The molecule has 0 radical (unpaired) electrons. The quantitative estimate of drug-likeness (QED) is 0.210. The normalized spacial score (nSPS) is 12.6. The molecular weight excluding hydrogens is 520 g/mol. The Hall–Kier alpha value is -3.23. The highest BCUT2D eigenvalue weighted by atomic mass is 32.2. The summed E-state index contributed by atoms with van der Waals surface area (Å²) >= 11 is 4.13. The molecule has 0 aliphatic heterocycles. The predicted molar refractivity (Wildman–Crippen MR) is 140 cm³/mol. The highest BCUT2D eigenvalue weighted by molar-refractivity contribution is 7.98. The van der Waals surface area contributed by atoms with Gasteiger partial charge < -0.3 is 10.2 Å². The van der Waals surface area contributed by atoms with E-state index in [1.807, 2.05) is 12.1 Å². The number of nitrogens with one attached hydrogen (secondary N) is 2. The fourth-order valence-electron chi connectivity index (χ4n) is 3.01. The van der Waals surface area contributed by atoms with Gasteiger partial charge in [-0.1, -0.05) is 83.3 Å². The molecule has 2 heterocycles. The number of rotatable bonds is 11. The van der Waals surface area contributed by atoms with Crippen LogP contribution in [0.5, 0.6) is 0 Å². The fourth-order valence-corrected chi connectivity index (χ4v) is 5.62. The summed E-state index contributed by atoms with van der Waals surface area (Å²) in [5.74, 6) is 0.213. The van der Waals surface area contributed by atoms with Gasteiger partial charge in [-0.2, -0.15) is 11.8 Å². The second-order valence-corrected chi connectivity index (χ2v) is 10.6. The number of carbonyl (C=O) groups excluding carboxylic acids is 2. The van der Waals surface area contributed by atoms with Crippen molar-refractivity contribution >= 4 is 56.5 Å². The number of carbonyl (C=O) groups is 2. The molecule has 0 saturated heterocycles. The van der Waals surface area contributed by atoms with E-state index in [0.717, 1.165) is 15.8 Å². The van der Waals surface area contributed by atoms with Crippen molar-refractivity contribution < 1.29 is 19.8 Å². The molecule has 10 nitrogen and oxygen atoms in total. The van der Waals surface area contributed by atoms with E-state index in [2.05, 4.69) is 31.0 Å². The Kier molecular flexibility index (Phi) is 9.08. The number of nitrogens with zero attached hydrogens (tertiary/aromatic N) is 4. The van der Waals surface area contributed by atoms with Crippen molar-refractivity contribution in [2.75, 3.05) is 16.4 Å². The van der Waals surface area contributed by atoms with Gasteiger partial charge in [-0.3, -0.25) is 20.2 Å². The molecule has 0 saturated carbocycles. The zero-order valence-electron chi connectivity index (χ0n) is 18.8. The average Bonchev–Trinajstić information content (AvgIpc) is 3.55. The van der Waals surface area contributed by atoms with Gasteiger partial charge >= 0.3 is 0 Å². The third-order valence-electron chi connectivity index (χ3n) is 4.81. The minimum atomic E-state index is -1.28. The van der Waals surface area contributed by atoms with Gasteiger partial charge in [-0.25, -0.2) is 0 Å². The van der Waals surface area contributed by atoms with Crippen molar-refractivity contribution in [3.8, 4) is 0 Å². The maximum atomic E-state index is 12.2. The molecule has 2 aromatic heterocycles. The van der Waals surface area contributed by atoms with Gasteiger partial charge in [-0.15, -0.1) is 20.4 Å². The lowest BCUT2D eigenvalue weighted by Crippen LogP contribution is -2.20. The van der Waals surface area contributed by atoms with Gasteiger partial charge in [0.2, 0.25) is 10.3 Å². The van der Waals surface area contributed by atoms with Gasteiger partial charge in [0.15, 0.2) is 12.2 Å². The standard InChI is InChI=1S/C23H22N6O4S3/c30-18(14-7-3-1-4-8-14)20(32)24-22-28-26-16(35-22)11-12-34-13-17-27-29-23(36-17)25-21(33)19(31)15-9-5-2-6-10-15/h1-10,18-19,30-31H,11-13H2,(H,24,28,32)(H,25,29,33)/t18-,19-/m0/s1. The number of benzene rings is 2. The highest BCUT2D eigenvalue weighted by Crippen LogP contribution is 2.24. The summed E-state index contributed by atoms with van der Waals surface area (Å²) in [6.45, 7) is 0. The van der Waals surface area contributed by atoms with Gasteiger partial charge in [0.05, 0.1) is 0 Å². The molecule has 0 spiro atoms. The lowest BCUT2D eigenvalue weighted by molar-refractivity contribution is -0.124. The number of hydrogen-bond donors (Lipinski definition) is 4. The lowest BCUT2D eigenvalue weighted by atomic mass is 10.1. The van der Waals surface area contributed by atoms with Crippen LogP contribution in [-0.2, 0) is 21.8 Å². The average molecular weight is 543 g/mol. The molecule has 0 fully saturated rings. The summed E-state index contributed by atoms with van der Waals surface area (Å²) in [5, 5.41) is 43.8. The monoisotopic (exact) mass is 542 g/mol. The number of aliphatic hydroxyl groups excluding tert-OH is 2. The molecule has 4 aromatic rings. The molecule has 36 heavy (non-hydrogen) atoms. The molecule has 0 aliphatic carbocycles. The molecule has 2 atom stereocenters.